The van der Waals surface area contributed by atoms with E-state index in [2.05, 4.69) is 5.32 Å². The zero-order chi connectivity index (χ0) is 24.0. The van der Waals surface area contributed by atoms with E-state index in [0.29, 0.717) is 27.8 Å². The van der Waals surface area contributed by atoms with Crippen LogP contribution in [0.25, 0.3) is 27.6 Å². The van der Waals surface area contributed by atoms with Crippen molar-refractivity contribution in [2.75, 3.05) is 5.32 Å². The van der Waals surface area contributed by atoms with Crippen LogP contribution in [-0.4, -0.2) is 19.6 Å². The molecule has 0 saturated heterocycles. The number of nitrogens with zero attached hydrogens (tertiary/aromatic N) is 3. The van der Waals surface area contributed by atoms with Crippen LogP contribution in [0.15, 0.2) is 82.4 Å². The van der Waals surface area contributed by atoms with Crippen molar-refractivity contribution in [1.82, 2.24) is 13.7 Å². The number of carbonyl (C=O) groups excluding carboxylic acids is 1. The Balaban J connectivity index is 1.77. The lowest BCUT2D eigenvalue weighted by atomic mass is 10.1. The fourth-order valence-corrected chi connectivity index (χ4v) is 4.29. The molecular formula is C26H21FN4O3. The lowest BCUT2D eigenvalue weighted by molar-refractivity contribution is -0.116. The Bertz CT molecular complexity index is 1680. The molecule has 0 aliphatic rings. The number of hydrogen-bond acceptors (Lipinski definition) is 3. The quantitative estimate of drug-likeness (QED) is 0.448. The van der Waals surface area contributed by atoms with Gasteiger partial charge in [-0.25, -0.2) is 13.8 Å². The number of halogens is 1. The topological polar surface area (TPSA) is 78.0 Å². The molecule has 8 heteroatoms. The minimum Gasteiger partial charge on any atom is -0.338 e. The maximum Gasteiger partial charge on any atom is 0.336 e. The van der Waals surface area contributed by atoms with E-state index >= 15 is 0 Å². The van der Waals surface area contributed by atoms with Crippen molar-refractivity contribution < 1.29 is 9.18 Å². The van der Waals surface area contributed by atoms with E-state index in [0.717, 1.165) is 15.6 Å². The van der Waals surface area contributed by atoms with Gasteiger partial charge in [0.05, 0.1) is 16.7 Å². The number of rotatable bonds is 4. The number of aryl methyl sites for hydroxylation is 2. The Morgan fingerprint density at radius 1 is 0.941 bits per heavy atom. The van der Waals surface area contributed by atoms with Crippen LogP contribution in [-0.2, 0) is 18.4 Å². The van der Waals surface area contributed by atoms with Crippen LogP contribution in [0.3, 0.4) is 0 Å². The average molecular weight is 456 g/mol. The molecule has 0 radical (unpaired) electrons. The molecular weight excluding hydrogens is 435 g/mol. The Morgan fingerprint density at radius 2 is 1.65 bits per heavy atom. The maximum absolute atomic E-state index is 13.7. The van der Waals surface area contributed by atoms with E-state index in [4.69, 9.17) is 0 Å². The van der Waals surface area contributed by atoms with Crippen LogP contribution in [0.4, 0.5) is 10.1 Å². The van der Waals surface area contributed by atoms with Crippen LogP contribution >= 0.6 is 0 Å². The second-order valence-electron chi connectivity index (χ2n) is 8.18. The fourth-order valence-electron chi connectivity index (χ4n) is 4.29. The number of aromatic nitrogens is 3. The van der Waals surface area contributed by atoms with Gasteiger partial charge in [0.1, 0.15) is 17.9 Å². The second-order valence-corrected chi connectivity index (χ2v) is 8.18. The highest BCUT2D eigenvalue weighted by Crippen LogP contribution is 2.26. The molecule has 0 spiro atoms. The molecule has 0 unspecified atom stereocenters. The van der Waals surface area contributed by atoms with E-state index in [1.165, 1.54) is 28.8 Å². The predicted molar refractivity (Wildman–Crippen MR) is 130 cm³/mol. The average Bonchev–Trinajstić information content (AvgIpc) is 3.11. The summed E-state index contributed by atoms with van der Waals surface area (Å²) in [5.41, 5.74) is 2.19. The van der Waals surface area contributed by atoms with Gasteiger partial charge >= 0.3 is 5.69 Å². The highest BCUT2D eigenvalue weighted by Gasteiger charge is 2.22. The Labute approximate surface area is 193 Å². The molecule has 3 aromatic carbocycles. The number of amides is 1. The Hall–Kier alpha value is -4.46. The highest BCUT2D eigenvalue weighted by atomic mass is 19.1. The molecule has 0 fully saturated rings. The summed E-state index contributed by atoms with van der Waals surface area (Å²) in [5, 5.41) is 3.40. The molecule has 0 atom stereocenters. The van der Waals surface area contributed by atoms with Gasteiger partial charge in [-0.3, -0.25) is 14.2 Å². The van der Waals surface area contributed by atoms with Crippen molar-refractivity contribution in [3.8, 4) is 5.69 Å². The molecule has 1 N–H and O–H groups in total. The van der Waals surface area contributed by atoms with Crippen molar-refractivity contribution in [2.45, 2.75) is 13.5 Å². The summed E-state index contributed by atoms with van der Waals surface area (Å²) in [6.07, 6.45) is 0. The standard InChI is InChI=1S/C26H21FN4O3/c1-16-8-13-21-20(14-16)23-24(29(21)2)25(33)31(19-6-4-3-5-7-19)26(34)30(23)15-22(32)28-18-11-9-17(27)10-12-18/h3-14H,15H2,1-2H3,(H,28,32). The monoisotopic (exact) mass is 456 g/mol. The summed E-state index contributed by atoms with van der Waals surface area (Å²) < 4.78 is 17.4. The maximum atomic E-state index is 13.7. The third-order valence-electron chi connectivity index (χ3n) is 5.87. The number of fused-ring (bicyclic) bond motifs is 3. The lowest BCUT2D eigenvalue weighted by Gasteiger charge is -2.13. The predicted octanol–water partition coefficient (Wildman–Crippen LogP) is 3.73. The molecule has 5 aromatic rings. The van der Waals surface area contributed by atoms with Crippen LogP contribution in [0.2, 0.25) is 0 Å². The van der Waals surface area contributed by atoms with Gasteiger partial charge in [-0.05, 0) is 55.5 Å². The summed E-state index contributed by atoms with van der Waals surface area (Å²) in [4.78, 5) is 40.2. The van der Waals surface area contributed by atoms with Gasteiger partial charge < -0.3 is 9.88 Å². The first-order valence-electron chi connectivity index (χ1n) is 10.7. The van der Waals surface area contributed by atoms with Gasteiger partial charge in [-0.15, -0.1) is 0 Å². The molecule has 1 amide bonds. The second kappa shape index (κ2) is 8.15. The molecule has 0 bridgehead atoms. The van der Waals surface area contributed by atoms with Gasteiger partial charge in [0.15, 0.2) is 0 Å². The van der Waals surface area contributed by atoms with Crippen LogP contribution < -0.4 is 16.6 Å². The molecule has 0 aliphatic heterocycles. The van der Waals surface area contributed by atoms with E-state index in [-0.39, 0.29) is 6.54 Å². The number of carbonyl (C=O) groups is 1. The van der Waals surface area contributed by atoms with Crippen molar-refractivity contribution in [1.29, 1.82) is 0 Å². The molecule has 170 valence electrons. The van der Waals surface area contributed by atoms with Gasteiger partial charge in [0, 0.05) is 18.1 Å². The molecule has 34 heavy (non-hydrogen) atoms. The largest absolute Gasteiger partial charge is 0.338 e. The molecule has 2 heterocycles. The minimum absolute atomic E-state index is 0.318. The van der Waals surface area contributed by atoms with Crippen molar-refractivity contribution in [3.05, 3.63) is 105 Å². The van der Waals surface area contributed by atoms with E-state index < -0.39 is 23.0 Å². The zero-order valence-corrected chi connectivity index (χ0v) is 18.6. The van der Waals surface area contributed by atoms with E-state index in [1.54, 1.807) is 41.9 Å². The summed E-state index contributed by atoms with van der Waals surface area (Å²) >= 11 is 0. The summed E-state index contributed by atoms with van der Waals surface area (Å²) in [6.45, 7) is 1.60. The number of para-hydroxylation sites is 1. The molecule has 2 aromatic heterocycles. The first-order chi connectivity index (χ1) is 16.3. The van der Waals surface area contributed by atoms with Crippen LogP contribution in [0.1, 0.15) is 5.56 Å². The lowest BCUT2D eigenvalue weighted by Crippen LogP contribution is -2.41. The molecule has 5 rings (SSSR count). The van der Waals surface area contributed by atoms with Gasteiger partial charge in [0.2, 0.25) is 5.91 Å². The summed E-state index contributed by atoms with van der Waals surface area (Å²) in [6, 6.07) is 19.7. The highest BCUT2D eigenvalue weighted by molar-refractivity contribution is 6.06. The first kappa shape index (κ1) is 21.4. The smallest absolute Gasteiger partial charge is 0.336 e. The first-order valence-corrected chi connectivity index (χ1v) is 10.7. The molecule has 0 saturated carbocycles. The Kier molecular flexibility index (Phi) is 5.13. The van der Waals surface area contributed by atoms with E-state index in [1.807, 2.05) is 25.1 Å². The number of hydrogen-bond donors (Lipinski definition) is 1. The number of benzene rings is 3. The van der Waals surface area contributed by atoms with Gasteiger partial charge in [0.25, 0.3) is 5.56 Å². The SMILES string of the molecule is Cc1ccc2c(c1)c1c(c(=O)n(-c3ccccc3)c(=O)n1CC(=O)Nc1ccc(F)cc1)n2C. The summed E-state index contributed by atoms with van der Waals surface area (Å²) in [5.74, 6) is -0.894. The van der Waals surface area contributed by atoms with Gasteiger partial charge in [-0.2, -0.15) is 0 Å². The van der Waals surface area contributed by atoms with Crippen LogP contribution in [0, 0.1) is 12.7 Å². The third kappa shape index (κ3) is 3.49. The van der Waals surface area contributed by atoms with Crippen molar-refractivity contribution in [3.63, 3.8) is 0 Å². The minimum atomic E-state index is -0.619. The van der Waals surface area contributed by atoms with Crippen molar-refractivity contribution >= 4 is 33.5 Å². The zero-order valence-electron chi connectivity index (χ0n) is 18.6. The van der Waals surface area contributed by atoms with Crippen LogP contribution in [0.5, 0.6) is 0 Å². The molecule has 7 nitrogen and oxygen atoms in total. The number of anilines is 1. The Morgan fingerprint density at radius 3 is 2.35 bits per heavy atom. The third-order valence-corrected chi connectivity index (χ3v) is 5.87. The van der Waals surface area contributed by atoms with E-state index in [9.17, 15) is 18.8 Å². The van der Waals surface area contributed by atoms with Crippen molar-refractivity contribution in [2.24, 2.45) is 7.05 Å². The van der Waals surface area contributed by atoms with Gasteiger partial charge in [-0.1, -0.05) is 29.8 Å². The molecule has 0 aliphatic carbocycles. The fraction of sp³-hybridized carbons (Fsp3) is 0.115. The number of nitrogens with one attached hydrogen (secondary N) is 1. The normalized spacial score (nSPS) is 11.3. The summed E-state index contributed by atoms with van der Waals surface area (Å²) in [7, 11) is 1.77.